The number of benzene rings is 1. The lowest BCUT2D eigenvalue weighted by Gasteiger charge is -2.32. The number of nitrogens with one attached hydrogen (secondary N) is 1. The van der Waals surface area contributed by atoms with Crippen molar-refractivity contribution in [2.75, 3.05) is 20.1 Å². The highest BCUT2D eigenvalue weighted by molar-refractivity contribution is 9.10. The lowest BCUT2D eigenvalue weighted by Crippen LogP contribution is -2.44. The smallest absolute Gasteiger partial charge is 0.255 e. The van der Waals surface area contributed by atoms with E-state index in [1.807, 2.05) is 18.0 Å². The van der Waals surface area contributed by atoms with Crippen LogP contribution in [0.2, 0.25) is 5.02 Å². The normalized spacial score (nSPS) is 16.1. The van der Waals surface area contributed by atoms with Crippen molar-refractivity contribution < 1.29 is 4.79 Å². The molecule has 19 heavy (non-hydrogen) atoms. The van der Waals surface area contributed by atoms with Crippen molar-refractivity contribution in [1.82, 2.24) is 10.2 Å². The molecule has 0 bridgehead atoms. The molecule has 1 aliphatic heterocycles. The summed E-state index contributed by atoms with van der Waals surface area (Å²) in [5, 5.41) is 3.77. The summed E-state index contributed by atoms with van der Waals surface area (Å²) in [6.45, 7) is 1.57. The summed E-state index contributed by atoms with van der Waals surface area (Å²) in [7, 11) is 1.97. The molecular formula is C13H17BrCl2N2O. The average Bonchev–Trinajstić information content (AvgIpc) is 2.41. The van der Waals surface area contributed by atoms with E-state index in [0.29, 0.717) is 16.6 Å². The molecule has 1 fully saturated rings. The number of likely N-dealkylation sites (tertiary alicyclic amines) is 1. The highest BCUT2D eigenvalue weighted by Crippen LogP contribution is 2.23. The molecule has 0 aromatic heterocycles. The first-order chi connectivity index (χ1) is 8.61. The van der Waals surface area contributed by atoms with Crippen LogP contribution in [-0.2, 0) is 0 Å². The fourth-order valence-corrected chi connectivity index (χ4v) is 2.76. The van der Waals surface area contributed by atoms with E-state index in [2.05, 4.69) is 21.2 Å². The molecule has 2 rings (SSSR count). The van der Waals surface area contributed by atoms with Gasteiger partial charge in [-0.05, 0) is 38.1 Å². The molecular weight excluding hydrogens is 351 g/mol. The molecule has 6 heteroatoms. The van der Waals surface area contributed by atoms with E-state index in [1.54, 1.807) is 12.1 Å². The van der Waals surface area contributed by atoms with Gasteiger partial charge in [-0.15, -0.1) is 12.4 Å². The summed E-state index contributed by atoms with van der Waals surface area (Å²) in [5.41, 5.74) is 0.578. The van der Waals surface area contributed by atoms with E-state index in [9.17, 15) is 4.79 Å². The van der Waals surface area contributed by atoms with E-state index in [4.69, 9.17) is 11.6 Å². The molecule has 1 heterocycles. The number of halogens is 3. The van der Waals surface area contributed by atoms with Crippen molar-refractivity contribution >= 4 is 45.8 Å². The number of hydrogen-bond donors (Lipinski definition) is 1. The minimum atomic E-state index is 0. The second kappa shape index (κ2) is 7.48. The van der Waals surface area contributed by atoms with Gasteiger partial charge in [0.25, 0.3) is 5.91 Å². The highest BCUT2D eigenvalue weighted by Gasteiger charge is 2.24. The minimum absolute atomic E-state index is 0. The second-order valence-electron chi connectivity index (χ2n) is 4.48. The zero-order chi connectivity index (χ0) is 13.1. The topological polar surface area (TPSA) is 32.3 Å². The molecule has 0 atom stereocenters. The summed E-state index contributed by atoms with van der Waals surface area (Å²) in [6.07, 6.45) is 1.99. The number of piperidine rings is 1. The molecule has 1 saturated heterocycles. The van der Waals surface area contributed by atoms with Gasteiger partial charge in [0.1, 0.15) is 0 Å². The van der Waals surface area contributed by atoms with Crippen LogP contribution in [0.25, 0.3) is 0 Å². The maximum atomic E-state index is 12.4. The van der Waals surface area contributed by atoms with Gasteiger partial charge in [0.05, 0.1) is 10.6 Å². The van der Waals surface area contributed by atoms with Crippen molar-refractivity contribution in [1.29, 1.82) is 0 Å². The van der Waals surface area contributed by atoms with E-state index >= 15 is 0 Å². The van der Waals surface area contributed by atoms with Gasteiger partial charge in [0, 0.05) is 23.6 Å². The van der Waals surface area contributed by atoms with Crippen LogP contribution >= 0.6 is 39.9 Å². The molecule has 1 aromatic rings. The van der Waals surface area contributed by atoms with Crippen molar-refractivity contribution in [3.8, 4) is 0 Å². The van der Waals surface area contributed by atoms with Crippen molar-refractivity contribution in [3.05, 3.63) is 33.3 Å². The third-order valence-corrected chi connectivity index (χ3v) is 4.17. The van der Waals surface area contributed by atoms with Crippen LogP contribution in [-0.4, -0.2) is 37.0 Å². The van der Waals surface area contributed by atoms with Crippen LogP contribution in [0.1, 0.15) is 23.2 Å². The molecule has 0 spiro atoms. The predicted octanol–water partition coefficient (Wildman–Crippen LogP) is 3.35. The molecule has 1 aliphatic rings. The highest BCUT2D eigenvalue weighted by atomic mass is 79.9. The fraction of sp³-hybridized carbons (Fsp3) is 0.462. The van der Waals surface area contributed by atoms with Gasteiger partial charge in [-0.1, -0.05) is 27.5 Å². The number of nitrogens with zero attached hydrogens (tertiary/aromatic N) is 1. The molecule has 0 unspecified atom stereocenters. The van der Waals surface area contributed by atoms with Crippen LogP contribution in [0.3, 0.4) is 0 Å². The van der Waals surface area contributed by atoms with Gasteiger partial charge in [0.15, 0.2) is 0 Å². The Morgan fingerprint density at radius 1 is 1.42 bits per heavy atom. The number of amides is 1. The van der Waals surface area contributed by atoms with E-state index in [-0.39, 0.29) is 18.3 Å². The average molecular weight is 368 g/mol. The van der Waals surface area contributed by atoms with Gasteiger partial charge >= 0.3 is 0 Å². The molecule has 106 valence electrons. The van der Waals surface area contributed by atoms with Gasteiger partial charge in [-0.2, -0.15) is 0 Å². The molecule has 1 N–H and O–H groups in total. The van der Waals surface area contributed by atoms with E-state index in [1.165, 1.54) is 0 Å². The molecule has 1 aromatic carbocycles. The summed E-state index contributed by atoms with van der Waals surface area (Å²) < 4.78 is 0.875. The second-order valence-corrected chi connectivity index (χ2v) is 5.80. The Kier molecular flexibility index (Phi) is 6.60. The van der Waals surface area contributed by atoms with Gasteiger partial charge in [-0.3, -0.25) is 4.79 Å². The largest absolute Gasteiger partial charge is 0.338 e. The maximum absolute atomic E-state index is 12.4. The molecule has 1 amide bonds. The lowest BCUT2D eigenvalue weighted by atomic mass is 10.0. The van der Waals surface area contributed by atoms with Crippen LogP contribution in [0.4, 0.5) is 0 Å². The first-order valence-electron chi connectivity index (χ1n) is 6.03. The fourth-order valence-electron chi connectivity index (χ4n) is 2.20. The molecule has 0 aliphatic carbocycles. The summed E-state index contributed by atoms with van der Waals surface area (Å²) in [4.78, 5) is 14.2. The number of carbonyl (C=O) groups is 1. The maximum Gasteiger partial charge on any atom is 0.255 e. The van der Waals surface area contributed by atoms with Gasteiger partial charge in [-0.25, -0.2) is 0 Å². The molecule has 3 nitrogen and oxygen atoms in total. The van der Waals surface area contributed by atoms with Crippen LogP contribution in [0.5, 0.6) is 0 Å². The van der Waals surface area contributed by atoms with Crippen LogP contribution in [0, 0.1) is 0 Å². The Morgan fingerprint density at radius 3 is 2.63 bits per heavy atom. The van der Waals surface area contributed by atoms with Crippen molar-refractivity contribution in [2.24, 2.45) is 0 Å². The minimum Gasteiger partial charge on any atom is -0.338 e. The molecule has 0 saturated carbocycles. The van der Waals surface area contributed by atoms with Gasteiger partial charge < -0.3 is 10.2 Å². The first kappa shape index (κ1) is 16.8. The Labute approximate surface area is 133 Å². The third-order valence-electron chi connectivity index (χ3n) is 3.35. The predicted molar refractivity (Wildman–Crippen MR) is 84.4 cm³/mol. The number of rotatable bonds is 2. The van der Waals surface area contributed by atoms with Gasteiger partial charge in [0.2, 0.25) is 0 Å². The number of carbonyl (C=O) groups excluding carboxylic acids is 1. The zero-order valence-electron chi connectivity index (χ0n) is 10.7. The monoisotopic (exact) mass is 366 g/mol. The van der Waals surface area contributed by atoms with Crippen LogP contribution < -0.4 is 5.32 Å². The van der Waals surface area contributed by atoms with Crippen molar-refractivity contribution in [2.45, 2.75) is 18.9 Å². The Hall–Kier alpha value is -0.290. The first-order valence-corrected chi connectivity index (χ1v) is 7.20. The zero-order valence-corrected chi connectivity index (χ0v) is 13.8. The number of hydrogen-bond acceptors (Lipinski definition) is 2. The SMILES string of the molecule is CNC1CCN(C(=O)c2cc(Br)ccc2Cl)CC1.Cl. The van der Waals surface area contributed by atoms with E-state index in [0.717, 1.165) is 30.4 Å². The van der Waals surface area contributed by atoms with Crippen molar-refractivity contribution in [3.63, 3.8) is 0 Å². The van der Waals surface area contributed by atoms with E-state index < -0.39 is 0 Å². The molecule has 0 radical (unpaired) electrons. The summed E-state index contributed by atoms with van der Waals surface area (Å²) in [5.74, 6) is 0.0239. The Bertz CT molecular complexity index is 448. The lowest BCUT2D eigenvalue weighted by molar-refractivity contribution is 0.0707. The summed E-state index contributed by atoms with van der Waals surface area (Å²) >= 11 is 9.46. The quantitative estimate of drug-likeness (QED) is 0.869. The standard InChI is InChI=1S/C13H16BrClN2O.ClH/c1-16-10-4-6-17(7-5-10)13(18)11-8-9(14)2-3-12(11)15;/h2-3,8,10,16H,4-7H2,1H3;1H. The Balaban J connectivity index is 0.00000180. The van der Waals surface area contributed by atoms with Crippen LogP contribution in [0.15, 0.2) is 22.7 Å². The summed E-state index contributed by atoms with van der Waals surface area (Å²) in [6, 6.07) is 5.90. The Morgan fingerprint density at radius 2 is 2.05 bits per heavy atom. The third kappa shape index (κ3) is 4.09.